The Hall–Kier alpha value is -1.35. The minimum Gasteiger partial charge on any atom is -0.356 e. The first-order valence-electron chi connectivity index (χ1n) is 10.1. The molecule has 3 heteroatoms. The first-order valence-corrected chi connectivity index (χ1v) is 10.1. The van der Waals surface area contributed by atoms with Crippen molar-refractivity contribution in [1.82, 2.24) is 10.2 Å². The van der Waals surface area contributed by atoms with Crippen LogP contribution < -0.4 is 5.32 Å². The molecule has 2 aliphatic carbocycles. The second-order valence-electron chi connectivity index (χ2n) is 8.67. The van der Waals surface area contributed by atoms with E-state index in [-0.39, 0.29) is 5.41 Å². The molecule has 1 saturated heterocycles. The second kappa shape index (κ2) is 8.35. The number of carbonyl (C=O) groups excluding carboxylic acids is 1. The predicted octanol–water partition coefficient (Wildman–Crippen LogP) is 4.23. The summed E-state index contributed by atoms with van der Waals surface area (Å²) in [5, 5.41) is 2.95. The van der Waals surface area contributed by atoms with Crippen LogP contribution in [0, 0.1) is 11.3 Å². The third kappa shape index (κ3) is 5.31. The van der Waals surface area contributed by atoms with Gasteiger partial charge in [0, 0.05) is 24.5 Å². The predicted molar refractivity (Wildman–Crippen MR) is 104 cm³/mol. The summed E-state index contributed by atoms with van der Waals surface area (Å²) in [6.45, 7) is 8.22. The molecule has 138 valence electrons. The van der Waals surface area contributed by atoms with Crippen LogP contribution in [0.2, 0.25) is 0 Å². The summed E-state index contributed by atoms with van der Waals surface area (Å²) in [6, 6.07) is 0.425. The molecule has 0 spiro atoms. The van der Waals surface area contributed by atoms with Gasteiger partial charge in [0.05, 0.1) is 0 Å². The number of likely N-dealkylation sites (tertiary alicyclic amines) is 1. The van der Waals surface area contributed by atoms with Gasteiger partial charge in [-0.2, -0.15) is 0 Å². The fourth-order valence-corrected chi connectivity index (χ4v) is 4.56. The topological polar surface area (TPSA) is 32.3 Å². The van der Waals surface area contributed by atoms with Crippen molar-refractivity contribution in [2.45, 2.75) is 64.8 Å². The van der Waals surface area contributed by atoms with Gasteiger partial charge in [-0.15, -0.1) is 0 Å². The van der Waals surface area contributed by atoms with Crippen LogP contribution in [0.1, 0.15) is 58.8 Å². The molecule has 1 aliphatic heterocycles. The van der Waals surface area contributed by atoms with E-state index in [2.05, 4.69) is 48.4 Å². The minimum absolute atomic E-state index is 0.178. The maximum Gasteiger partial charge on any atom is 0.207 e. The quantitative estimate of drug-likeness (QED) is 0.759. The van der Waals surface area contributed by atoms with Gasteiger partial charge in [0.15, 0.2) is 0 Å². The van der Waals surface area contributed by atoms with Crippen LogP contribution in [0.5, 0.6) is 0 Å². The molecule has 0 bridgehead atoms. The summed E-state index contributed by atoms with van der Waals surface area (Å²) >= 11 is 0. The number of nitrogens with one attached hydrogen (secondary N) is 1. The lowest BCUT2D eigenvalue weighted by atomic mass is 9.84. The summed E-state index contributed by atoms with van der Waals surface area (Å²) in [4.78, 5) is 13.2. The summed E-state index contributed by atoms with van der Waals surface area (Å²) in [5.74, 6) is 0.846. The fourth-order valence-electron chi connectivity index (χ4n) is 4.56. The maximum absolute atomic E-state index is 10.6. The van der Waals surface area contributed by atoms with E-state index in [9.17, 15) is 4.79 Å². The second-order valence-corrected chi connectivity index (χ2v) is 8.67. The van der Waals surface area contributed by atoms with Crippen LogP contribution in [-0.2, 0) is 4.79 Å². The molecule has 25 heavy (non-hydrogen) atoms. The number of nitrogens with zero attached hydrogens (tertiary/aromatic N) is 1. The Bertz CT molecular complexity index is 550. The van der Waals surface area contributed by atoms with E-state index in [1.165, 1.54) is 51.7 Å². The molecule has 1 heterocycles. The molecule has 1 amide bonds. The zero-order valence-electron chi connectivity index (χ0n) is 16.0. The lowest BCUT2D eigenvalue weighted by molar-refractivity contribution is -0.110. The zero-order valence-corrected chi connectivity index (χ0v) is 16.0. The number of hydrogen-bond acceptors (Lipinski definition) is 2. The maximum atomic E-state index is 10.6. The van der Waals surface area contributed by atoms with Gasteiger partial charge in [0.25, 0.3) is 0 Å². The van der Waals surface area contributed by atoms with Crippen molar-refractivity contribution < 1.29 is 4.79 Å². The molecular weight excluding hydrogens is 308 g/mol. The van der Waals surface area contributed by atoms with Crippen molar-refractivity contribution in [3.8, 4) is 0 Å². The Morgan fingerprint density at radius 3 is 2.60 bits per heavy atom. The molecule has 2 fully saturated rings. The number of allylic oxidation sites excluding steroid dienone is 4. The van der Waals surface area contributed by atoms with E-state index >= 15 is 0 Å². The Morgan fingerprint density at radius 2 is 1.88 bits per heavy atom. The average Bonchev–Trinajstić information content (AvgIpc) is 2.85. The van der Waals surface area contributed by atoms with Gasteiger partial charge in [0.2, 0.25) is 6.41 Å². The van der Waals surface area contributed by atoms with E-state index in [0.717, 1.165) is 25.2 Å². The van der Waals surface area contributed by atoms with Gasteiger partial charge in [0.1, 0.15) is 0 Å². The Kier molecular flexibility index (Phi) is 6.16. The van der Waals surface area contributed by atoms with Gasteiger partial charge < -0.3 is 10.2 Å². The van der Waals surface area contributed by atoms with Gasteiger partial charge >= 0.3 is 0 Å². The minimum atomic E-state index is 0.178. The van der Waals surface area contributed by atoms with Crippen LogP contribution in [0.3, 0.4) is 0 Å². The lowest BCUT2D eigenvalue weighted by Gasteiger charge is -2.30. The molecule has 3 nitrogen and oxygen atoms in total. The normalized spacial score (nSPS) is 29.7. The highest BCUT2D eigenvalue weighted by molar-refractivity contribution is 5.46. The van der Waals surface area contributed by atoms with Crippen molar-refractivity contribution in [3.05, 3.63) is 35.5 Å². The smallest absolute Gasteiger partial charge is 0.207 e. The summed E-state index contributed by atoms with van der Waals surface area (Å²) in [6.07, 6.45) is 18.8. The molecule has 0 unspecified atom stereocenters. The van der Waals surface area contributed by atoms with E-state index in [1.54, 1.807) is 11.1 Å². The largest absolute Gasteiger partial charge is 0.356 e. The molecule has 1 saturated carbocycles. The molecule has 0 aromatic carbocycles. The van der Waals surface area contributed by atoms with Crippen LogP contribution in [0.15, 0.2) is 35.5 Å². The highest BCUT2D eigenvalue weighted by atomic mass is 16.1. The monoisotopic (exact) mass is 342 g/mol. The van der Waals surface area contributed by atoms with Gasteiger partial charge in [-0.3, -0.25) is 4.79 Å². The Morgan fingerprint density at radius 1 is 1.16 bits per heavy atom. The first kappa shape index (κ1) is 18.4. The molecule has 0 aromatic heterocycles. The Labute approximate surface area is 153 Å². The SMILES string of the molecule is CC1(C)C=CC=C2CCN(CCC3CCC(NC=O)CC3)CCC2=C1. The number of hydrogen-bond donors (Lipinski definition) is 1. The fraction of sp³-hybridized carbons (Fsp3) is 0.682. The summed E-state index contributed by atoms with van der Waals surface area (Å²) in [7, 11) is 0. The van der Waals surface area contributed by atoms with E-state index in [1.807, 2.05) is 0 Å². The van der Waals surface area contributed by atoms with Gasteiger partial charge in [-0.05, 0) is 68.6 Å². The van der Waals surface area contributed by atoms with Crippen molar-refractivity contribution in [3.63, 3.8) is 0 Å². The number of rotatable bonds is 5. The number of carbonyl (C=O) groups is 1. The molecule has 3 aliphatic rings. The van der Waals surface area contributed by atoms with Crippen molar-refractivity contribution in [1.29, 1.82) is 0 Å². The molecule has 1 N–H and O–H groups in total. The van der Waals surface area contributed by atoms with E-state index in [0.29, 0.717) is 6.04 Å². The van der Waals surface area contributed by atoms with Crippen LogP contribution in [0.4, 0.5) is 0 Å². The van der Waals surface area contributed by atoms with Crippen molar-refractivity contribution in [2.24, 2.45) is 11.3 Å². The number of amides is 1. The Balaban J connectivity index is 1.47. The van der Waals surface area contributed by atoms with Crippen molar-refractivity contribution in [2.75, 3.05) is 19.6 Å². The molecule has 0 aromatic rings. The van der Waals surface area contributed by atoms with Crippen LogP contribution in [-0.4, -0.2) is 37.0 Å². The van der Waals surface area contributed by atoms with E-state index < -0.39 is 0 Å². The average molecular weight is 343 g/mol. The standard InChI is InChI=1S/C22H34N2O/c1-22(2)12-3-4-19-10-14-24(15-11-20(19)16-22)13-9-18-5-7-21(8-6-18)23-17-25/h3-4,12,16-18,21H,5-11,13-15H2,1-2H3,(H,23,25). The highest BCUT2D eigenvalue weighted by Crippen LogP contribution is 2.33. The third-order valence-corrected chi connectivity index (χ3v) is 6.18. The molecule has 0 atom stereocenters. The van der Waals surface area contributed by atoms with Gasteiger partial charge in [-0.25, -0.2) is 0 Å². The van der Waals surface area contributed by atoms with Crippen molar-refractivity contribution >= 4 is 6.41 Å². The highest BCUT2D eigenvalue weighted by Gasteiger charge is 2.23. The molecular formula is C22H34N2O. The molecule has 0 radical (unpaired) electrons. The lowest BCUT2D eigenvalue weighted by Crippen LogP contribution is -2.33. The molecule has 3 rings (SSSR count). The first-order chi connectivity index (χ1) is 12.1. The van der Waals surface area contributed by atoms with Crippen LogP contribution >= 0.6 is 0 Å². The zero-order chi connectivity index (χ0) is 17.7. The summed E-state index contributed by atoms with van der Waals surface area (Å²) in [5.41, 5.74) is 3.29. The number of fused-ring (bicyclic) bond motifs is 1. The third-order valence-electron chi connectivity index (χ3n) is 6.18. The summed E-state index contributed by atoms with van der Waals surface area (Å²) < 4.78 is 0. The van der Waals surface area contributed by atoms with E-state index in [4.69, 9.17) is 0 Å². The van der Waals surface area contributed by atoms with Crippen LogP contribution in [0.25, 0.3) is 0 Å². The van der Waals surface area contributed by atoms with Gasteiger partial charge in [-0.1, -0.05) is 38.2 Å².